The third-order valence-electron chi connectivity index (χ3n) is 12.1. The van der Waals surface area contributed by atoms with E-state index in [1.165, 1.54) is 0 Å². The number of aliphatic hydroxyl groups is 1. The Balaban J connectivity index is 1.08. The third kappa shape index (κ3) is 8.60. The lowest BCUT2D eigenvalue weighted by atomic mass is 9.82. The van der Waals surface area contributed by atoms with Crippen molar-refractivity contribution in [1.82, 2.24) is 15.0 Å². The molecule has 0 aliphatic carbocycles. The maximum atomic E-state index is 15.3. The van der Waals surface area contributed by atoms with Crippen molar-refractivity contribution in [3.63, 3.8) is 0 Å². The number of benzene rings is 5. The monoisotopic (exact) mass is 866 g/mol. The topological polar surface area (TPSA) is 177 Å². The number of aryl methyl sites for hydroxylation is 1. The van der Waals surface area contributed by atoms with Gasteiger partial charge in [0.15, 0.2) is 13.9 Å². The summed E-state index contributed by atoms with van der Waals surface area (Å²) in [5, 5.41) is 25.4. The summed E-state index contributed by atoms with van der Waals surface area (Å²) in [6, 6.07) is 35.5. The van der Waals surface area contributed by atoms with Crippen molar-refractivity contribution in [3.05, 3.63) is 161 Å². The molecule has 4 N–H and O–H groups in total. The fourth-order valence-electron chi connectivity index (χ4n) is 8.96. The molecule has 2 aliphatic heterocycles. The first kappa shape index (κ1) is 43.0. The van der Waals surface area contributed by atoms with Gasteiger partial charge in [0, 0.05) is 46.1 Å². The Morgan fingerprint density at radius 3 is 2.02 bits per heavy atom. The van der Waals surface area contributed by atoms with Crippen LogP contribution in [0.5, 0.6) is 11.5 Å². The summed E-state index contributed by atoms with van der Waals surface area (Å²) in [6.07, 6.45) is 0.599. The number of anilines is 3. The summed E-state index contributed by atoms with van der Waals surface area (Å²) in [6.45, 7) is 6.24. The number of hydrogen-bond acceptors (Lipinski definition) is 10. The van der Waals surface area contributed by atoms with Crippen molar-refractivity contribution >= 4 is 43.1 Å². The first-order valence-electron chi connectivity index (χ1n) is 20.8. The van der Waals surface area contributed by atoms with Crippen LogP contribution >= 0.6 is 0 Å². The predicted octanol–water partition coefficient (Wildman–Crippen LogP) is 7.32. The van der Waals surface area contributed by atoms with Gasteiger partial charge in [0.05, 0.1) is 38.8 Å². The molecule has 15 heteroatoms. The molecule has 5 atom stereocenters. The molecule has 1 saturated heterocycles. The van der Waals surface area contributed by atoms with Crippen LogP contribution in [-0.4, -0.2) is 71.3 Å². The Bertz CT molecular complexity index is 2600. The number of nitrogens with zero attached hydrogens (tertiary/aromatic N) is 4. The second kappa shape index (κ2) is 17.6. The van der Waals surface area contributed by atoms with E-state index < -0.39 is 32.0 Å². The molecule has 5 aromatic carbocycles. The Kier molecular flexibility index (Phi) is 12.0. The standard InChI is InChI=1S/C48H50N6O8Si/c1-30-44(63(4,5)59)42(25-26-53-29-40(51-52-53)43(55)32-9-7-6-8-10-32)62-48(30)39-27-36(50-46(57)34-15-22-38(61-3)23-16-34)19-24-41(39)54(47(48)58)28-31-11-17-35(18-12-31)49-45(56)33-13-20-37(60-2)21-14-33/h6-24,27,29-30,42-44,55,59H,25-26,28H2,1-5H3,(H,49,56)(H,50,57)/t30-,42+,43-,44-,48+/m1/s1. The van der Waals surface area contributed by atoms with E-state index in [2.05, 4.69) is 20.9 Å². The minimum Gasteiger partial charge on any atom is -0.497 e. The predicted molar refractivity (Wildman–Crippen MR) is 240 cm³/mol. The van der Waals surface area contributed by atoms with Gasteiger partial charge in [-0.05, 0) is 110 Å². The average Bonchev–Trinajstić information content (AvgIpc) is 3.96. The Morgan fingerprint density at radius 2 is 1.43 bits per heavy atom. The Morgan fingerprint density at radius 1 is 0.841 bits per heavy atom. The van der Waals surface area contributed by atoms with Crippen molar-refractivity contribution in [2.24, 2.45) is 5.92 Å². The maximum Gasteiger partial charge on any atom is 0.264 e. The van der Waals surface area contributed by atoms with Crippen molar-refractivity contribution in [3.8, 4) is 11.5 Å². The number of carbonyl (C=O) groups is 3. The number of hydrogen-bond donors (Lipinski definition) is 4. The van der Waals surface area contributed by atoms with E-state index >= 15 is 4.79 Å². The number of aromatic nitrogens is 3. The SMILES string of the molecule is COc1ccc(C(=O)Nc2ccc(CN3C(=O)[C@@]4(O[C@@H](CCn5cc([C@H](O)c6ccccc6)nn5)[C@H]([Si](C)(C)O)[C@H]4C)c4cc(NC(=O)c5ccc(OC)cc5)ccc43)cc2)cc1. The van der Waals surface area contributed by atoms with Gasteiger partial charge in [-0.25, -0.2) is 0 Å². The van der Waals surface area contributed by atoms with E-state index in [-0.39, 0.29) is 29.8 Å². The molecule has 1 spiro atoms. The summed E-state index contributed by atoms with van der Waals surface area (Å²) < 4.78 is 19.2. The number of aliphatic hydroxyl groups excluding tert-OH is 1. The van der Waals surface area contributed by atoms with Crippen LogP contribution in [0.4, 0.5) is 17.1 Å². The Hall–Kier alpha value is -6.65. The molecule has 63 heavy (non-hydrogen) atoms. The van der Waals surface area contributed by atoms with Gasteiger partial charge < -0.3 is 39.6 Å². The van der Waals surface area contributed by atoms with E-state index in [9.17, 15) is 19.5 Å². The molecule has 3 amide bonds. The second-order valence-corrected chi connectivity index (χ2v) is 20.5. The van der Waals surface area contributed by atoms with Gasteiger partial charge in [-0.2, -0.15) is 0 Å². The molecular weight excluding hydrogens is 817 g/mol. The van der Waals surface area contributed by atoms with Gasteiger partial charge in [-0.15, -0.1) is 5.10 Å². The number of carbonyl (C=O) groups excluding carboxylic acids is 3. The van der Waals surface area contributed by atoms with Crippen LogP contribution in [0.3, 0.4) is 0 Å². The van der Waals surface area contributed by atoms with E-state index in [0.717, 1.165) is 5.56 Å². The van der Waals surface area contributed by atoms with Gasteiger partial charge in [-0.3, -0.25) is 19.1 Å². The van der Waals surface area contributed by atoms with Crippen LogP contribution in [0.2, 0.25) is 18.6 Å². The smallest absolute Gasteiger partial charge is 0.264 e. The van der Waals surface area contributed by atoms with Gasteiger partial charge in [0.2, 0.25) is 0 Å². The lowest BCUT2D eigenvalue weighted by Crippen LogP contribution is -2.46. The highest BCUT2D eigenvalue weighted by Gasteiger charge is 2.66. The summed E-state index contributed by atoms with van der Waals surface area (Å²) in [5.41, 5.74) is 3.22. The van der Waals surface area contributed by atoms with Crippen LogP contribution in [-0.2, 0) is 28.2 Å². The first-order valence-corrected chi connectivity index (χ1v) is 23.8. The molecule has 324 valence electrons. The number of fused-ring (bicyclic) bond motifs is 2. The van der Waals surface area contributed by atoms with E-state index in [1.54, 1.807) is 96.7 Å². The molecule has 0 bridgehead atoms. The van der Waals surface area contributed by atoms with E-state index in [0.29, 0.717) is 69.5 Å². The van der Waals surface area contributed by atoms with Crippen LogP contribution in [0.1, 0.15) is 62.5 Å². The van der Waals surface area contributed by atoms with Crippen molar-refractivity contribution in [1.29, 1.82) is 0 Å². The van der Waals surface area contributed by atoms with Crippen molar-refractivity contribution < 1.29 is 38.5 Å². The highest BCUT2D eigenvalue weighted by atomic mass is 28.4. The lowest BCUT2D eigenvalue weighted by Gasteiger charge is -2.32. The zero-order valence-electron chi connectivity index (χ0n) is 35.7. The van der Waals surface area contributed by atoms with E-state index in [1.807, 2.05) is 74.6 Å². The average molecular weight is 867 g/mol. The summed E-state index contributed by atoms with van der Waals surface area (Å²) in [4.78, 5) is 55.4. The Labute approximate surface area is 366 Å². The first-order chi connectivity index (χ1) is 30.3. The zero-order valence-corrected chi connectivity index (χ0v) is 36.7. The van der Waals surface area contributed by atoms with Crippen LogP contribution in [0, 0.1) is 5.92 Å². The zero-order chi connectivity index (χ0) is 44.5. The molecule has 0 unspecified atom stereocenters. The molecule has 2 aliphatic rings. The van der Waals surface area contributed by atoms with Crippen LogP contribution in [0.15, 0.2) is 128 Å². The molecule has 14 nitrogen and oxygen atoms in total. The molecule has 1 fully saturated rings. The third-order valence-corrected chi connectivity index (χ3v) is 14.6. The summed E-state index contributed by atoms with van der Waals surface area (Å²) in [5.74, 6) is -0.0840. The van der Waals surface area contributed by atoms with Gasteiger partial charge in [0.25, 0.3) is 17.7 Å². The van der Waals surface area contributed by atoms with E-state index in [4.69, 9.17) is 14.2 Å². The number of rotatable bonds is 14. The highest BCUT2D eigenvalue weighted by molar-refractivity contribution is 6.71. The van der Waals surface area contributed by atoms with Crippen molar-refractivity contribution in [2.45, 2.75) is 62.9 Å². The van der Waals surface area contributed by atoms with Gasteiger partial charge >= 0.3 is 0 Å². The van der Waals surface area contributed by atoms with Gasteiger partial charge in [-0.1, -0.05) is 54.6 Å². The number of ether oxygens (including phenoxy) is 3. The molecule has 8 rings (SSSR count). The quantitative estimate of drug-likeness (QED) is 0.0812. The van der Waals surface area contributed by atoms with Crippen LogP contribution < -0.4 is 25.0 Å². The molecule has 1 aromatic heterocycles. The minimum atomic E-state index is -3.03. The largest absolute Gasteiger partial charge is 0.497 e. The molecular formula is C48H50N6O8Si. The lowest BCUT2D eigenvalue weighted by molar-refractivity contribution is -0.146. The molecule has 3 heterocycles. The second-order valence-electron chi connectivity index (χ2n) is 16.6. The maximum absolute atomic E-state index is 15.3. The van der Waals surface area contributed by atoms with Crippen LogP contribution in [0.25, 0.3) is 0 Å². The summed E-state index contributed by atoms with van der Waals surface area (Å²) in [7, 11) is 0.0978. The number of nitrogens with one attached hydrogen (secondary N) is 2. The van der Waals surface area contributed by atoms with Gasteiger partial charge in [0.1, 0.15) is 23.3 Å². The fourth-order valence-corrected chi connectivity index (χ4v) is 11.6. The fraction of sp³-hybridized carbons (Fsp3) is 0.271. The summed E-state index contributed by atoms with van der Waals surface area (Å²) >= 11 is 0. The number of amides is 3. The molecule has 0 radical (unpaired) electrons. The highest BCUT2D eigenvalue weighted by Crippen LogP contribution is 2.60. The molecule has 0 saturated carbocycles. The minimum absolute atomic E-state index is 0.189. The number of methoxy groups -OCH3 is 2. The van der Waals surface area contributed by atoms with Crippen molar-refractivity contribution in [2.75, 3.05) is 29.8 Å². The molecule has 6 aromatic rings. The normalized spacial score (nSPS) is 19.8.